The maximum absolute atomic E-state index is 14.0. The number of nitro groups is 1. The van der Waals surface area contributed by atoms with Crippen LogP contribution in [0.3, 0.4) is 0 Å². The van der Waals surface area contributed by atoms with Gasteiger partial charge in [0.2, 0.25) is 0 Å². The normalized spacial score (nSPS) is 27.9. The van der Waals surface area contributed by atoms with E-state index in [4.69, 9.17) is 11.6 Å². The molecule has 3 aliphatic rings. The number of Topliss-reactive ketones (excluding diaryl/α,β-unsaturated/α-hetero) is 1. The molecule has 5 rings (SSSR count). The van der Waals surface area contributed by atoms with Crippen molar-refractivity contribution in [3.63, 3.8) is 0 Å². The Balaban J connectivity index is 1.59. The second kappa shape index (κ2) is 10.7. The van der Waals surface area contributed by atoms with Crippen LogP contribution in [0.4, 0.5) is 10.1 Å². The molecule has 13 heteroatoms. The number of nitro benzene ring substituents is 1. The fourth-order valence-corrected chi connectivity index (χ4v) is 8.13. The van der Waals surface area contributed by atoms with Crippen molar-refractivity contribution >= 4 is 72.7 Å². The fraction of sp³-hybridized carbons (Fsp3) is 0.385. The van der Waals surface area contributed by atoms with Crippen molar-refractivity contribution in [2.75, 3.05) is 5.88 Å². The molecule has 0 unspecified atom stereocenters. The number of imide groups is 1. The van der Waals surface area contributed by atoms with Gasteiger partial charge in [0.15, 0.2) is 5.78 Å². The van der Waals surface area contributed by atoms with Gasteiger partial charge in [0, 0.05) is 38.8 Å². The van der Waals surface area contributed by atoms with Crippen LogP contribution in [0.5, 0.6) is 0 Å². The first-order chi connectivity index (χ1) is 18.6. The molecule has 1 aliphatic heterocycles. The van der Waals surface area contributed by atoms with Crippen LogP contribution in [-0.4, -0.2) is 60.0 Å². The molecule has 0 radical (unpaired) electrons. The number of ketones is 1. The van der Waals surface area contributed by atoms with Crippen LogP contribution in [0.25, 0.3) is 0 Å². The number of carbonyl (C=O) groups excluding carboxylic acids is 4. The Morgan fingerprint density at radius 1 is 1.00 bits per heavy atom. The number of halogens is 4. The number of alkyl halides is 3. The van der Waals surface area contributed by atoms with Crippen molar-refractivity contribution in [3.8, 4) is 0 Å². The van der Waals surface area contributed by atoms with Gasteiger partial charge in [-0.25, -0.2) is 9.40 Å². The lowest BCUT2D eigenvalue weighted by molar-refractivity contribution is -0.384. The first-order valence-electron chi connectivity index (χ1n) is 12.2. The monoisotopic (exact) mass is 683 g/mol. The minimum atomic E-state index is -1.38. The van der Waals surface area contributed by atoms with E-state index in [1.165, 1.54) is 24.3 Å². The smallest absolute Gasteiger partial charge is 0.273 e. The van der Waals surface area contributed by atoms with E-state index in [1.807, 2.05) is 0 Å². The summed E-state index contributed by atoms with van der Waals surface area (Å²) >= 11 is 13.3. The van der Waals surface area contributed by atoms with Gasteiger partial charge in [0.1, 0.15) is 11.9 Å². The standard InChI is InChI=1S/C26H21Br2ClFN3O6/c27-21-16-11-17(22(21)28)20-19(16)25(36)32(26(20)37)31(24(35)13-3-7-15(8-4-13)33(38)39)18(9-10-29)23(34)12-1-5-14(30)6-2-12/h1-8,16-22H,9-11H2/t16-,17-,18+,19-,20-,21-,22+/m1/s1. The highest BCUT2D eigenvalue weighted by Crippen LogP contribution is 2.60. The molecule has 3 fully saturated rings. The van der Waals surface area contributed by atoms with Crippen molar-refractivity contribution in [2.24, 2.45) is 23.7 Å². The average molecular weight is 686 g/mol. The quantitative estimate of drug-likeness (QED) is 0.130. The van der Waals surface area contributed by atoms with Gasteiger partial charge in [0.25, 0.3) is 23.4 Å². The zero-order valence-corrected chi connectivity index (χ0v) is 24.0. The van der Waals surface area contributed by atoms with E-state index in [0.717, 1.165) is 34.3 Å². The third-order valence-electron chi connectivity index (χ3n) is 7.82. The number of carbonyl (C=O) groups is 4. The topological polar surface area (TPSA) is 118 Å². The Morgan fingerprint density at radius 3 is 2.00 bits per heavy atom. The van der Waals surface area contributed by atoms with Crippen LogP contribution < -0.4 is 0 Å². The van der Waals surface area contributed by atoms with E-state index in [9.17, 15) is 33.7 Å². The molecule has 2 aromatic rings. The molecule has 2 bridgehead atoms. The van der Waals surface area contributed by atoms with Gasteiger partial charge < -0.3 is 0 Å². The molecule has 39 heavy (non-hydrogen) atoms. The molecule has 1 saturated heterocycles. The largest absolute Gasteiger partial charge is 0.292 e. The lowest BCUT2D eigenvalue weighted by Crippen LogP contribution is -2.58. The van der Waals surface area contributed by atoms with Crippen LogP contribution >= 0.6 is 43.5 Å². The highest BCUT2D eigenvalue weighted by atomic mass is 79.9. The van der Waals surface area contributed by atoms with Crippen molar-refractivity contribution in [2.45, 2.75) is 28.5 Å². The lowest BCUT2D eigenvalue weighted by atomic mass is 9.81. The Morgan fingerprint density at radius 2 is 1.51 bits per heavy atom. The molecule has 2 aliphatic carbocycles. The third kappa shape index (κ3) is 4.59. The molecular formula is C26H21Br2ClFN3O6. The molecule has 0 spiro atoms. The van der Waals surface area contributed by atoms with E-state index < -0.39 is 52.1 Å². The number of amides is 3. The first kappa shape index (κ1) is 27.9. The number of hydrazine groups is 1. The summed E-state index contributed by atoms with van der Waals surface area (Å²) in [7, 11) is 0. The Hall–Kier alpha value is -2.70. The minimum absolute atomic E-state index is 0.0428. The van der Waals surface area contributed by atoms with Gasteiger partial charge in [-0.1, -0.05) is 31.9 Å². The summed E-state index contributed by atoms with van der Waals surface area (Å²) in [5.74, 6) is -4.92. The number of hydrogen-bond acceptors (Lipinski definition) is 6. The molecule has 2 saturated carbocycles. The van der Waals surface area contributed by atoms with Gasteiger partial charge in [0.05, 0.1) is 16.8 Å². The first-order valence-corrected chi connectivity index (χ1v) is 14.5. The van der Waals surface area contributed by atoms with E-state index in [-0.39, 0.29) is 50.6 Å². The second-order valence-corrected chi connectivity index (χ2v) is 12.3. The van der Waals surface area contributed by atoms with Crippen molar-refractivity contribution in [1.82, 2.24) is 10.0 Å². The van der Waals surface area contributed by atoms with Crippen molar-refractivity contribution in [3.05, 3.63) is 75.6 Å². The number of benzene rings is 2. The van der Waals surface area contributed by atoms with Crippen LogP contribution in [0.15, 0.2) is 48.5 Å². The average Bonchev–Trinajstić information content (AvgIpc) is 3.54. The zero-order chi connectivity index (χ0) is 28.2. The number of hydrogen-bond donors (Lipinski definition) is 0. The summed E-state index contributed by atoms with van der Waals surface area (Å²) in [4.78, 5) is 65.8. The maximum Gasteiger partial charge on any atom is 0.273 e. The van der Waals surface area contributed by atoms with Crippen LogP contribution in [0.2, 0.25) is 0 Å². The van der Waals surface area contributed by atoms with Crippen molar-refractivity contribution in [1.29, 1.82) is 0 Å². The number of nitrogens with zero attached hydrogens (tertiary/aromatic N) is 3. The Labute approximate surface area is 244 Å². The van der Waals surface area contributed by atoms with Crippen LogP contribution in [-0.2, 0) is 9.59 Å². The lowest BCUT2D eigenvalue weighted by Gasteiger charge is -2.36. The summed E-state index contributed by atoms with van der Waals surface area (Å²) in [5, 5.41) is 12.8. The molecule has 9 nitrogen and oxygen atoms in total. The number of fused-ring (bicyclic) bond motifs is 5. The van der Waals surface area contributed by atoms with Crippen LogP contribution in [0, 0.1) is 39.6 Å². The molecule has 7 atom stereocenters. The molecular weight excluding hydrogens is 665 g/mol. The van der Waals surface area contributed by atoms with E-state index >= 15 is 0 Å². The van der Waals surface area contributed by atoms with Crippen LogP contribution in [0.1, 0.15) is 33.6 Å². The predicted octanol–water partition coefficient (Wildman–Crippen LogP) is 4.75. The predicted molar refractivity (Wildman–Crippen MR) is 145 cm³/mol. The summed E-state index contributed by atoms with van der Waals surface area (Å²) in [6.07, 6.45) is 0.556. The Kier molecular flexibility index (Phi) is 7.64. The third-order valence-corrected chi connectivity index (χ3v) is 11.2. The highest BCUT2D eigenvalue weighted by molar-refractivity contribution is 9.12. The summed E-state index contributed by atoms with van der Waals surface area (Å²) < 4.78 is 13.6. The fourth-order valence-electron chi connectivity index (χ4n) is 6.05. The molecule has 0 N–H and O–H groups in total. The summed E-state index contributed by atoms with van der Waals surface area (Å²) in [5.41, 5.74) is -0.262. The molecule has 204 valence electrons. The number of non-ortho nitro benzene ring substituents is 1. The van der Waals surface area contributed by atoms with Gasteiger partial charge in [-0.2, -0.15) is 5.01 Å². The number of rotatable bonds is 8. The Bertz CT molecular complexity index is 1330. The second-order valence-electron chi connectivity index (χ2n) is 9.81. The van der Waals surface area contributed by atoms with Crippen molar-refractivity contribution < 1.29 is 28.5 Å². The van der Waals surface area contributed by atoms with Gasteiger partial charge in [-0.05, 0) is 61.1 Å². The molecule has 0 aromatic heterocycles. The summed E-state index contributed by atoms with van der Waals surface area (Å²) in [6, 6.07) is 7.95. The maximum atomic E-state index is 14.0. The zero-order valence-electron chi connectivity index (χ0n) is 20.1. The van der Waals surface area contributed by atoms with Gasteiger partial charge >= 0.3 is 0 Å². The van der Waals surface area contributed by atoms with Gasteiger partial charge in [-0.3, -0.25) is 29.3 Å². The van der Waals surface area contributed by atoms with E-state index in [2.05, 4.69) is 31.9 Å². The SMILES string of the molecule is O=C(c1ccc(F)cc1)[C@H](CCCl)N(C(=O)c1ccc([N+](=O)[O-])cc1)N1C(=O)[C@@H]2[C@H]3C[C@@H]([C@@H](Br)[C@H]3Br)[C@H]2C1=O. The van der Waals surface area contributed by atoms with Gasteiger partial charge in [-0.15, -0.1) is 11.6 Å². The minimum Gasteiger partial charge on any atom is -0.292 e. The molecule has 2 aromatic carbocycles. The molecule has 3 amide bonds. The highest BCUT2D eigenvalue weighted by Gasteiger charge is 2.68. The summed E-state index contributed by atoms with van der Waals surface area (Å²) in [6.45, 7) is 0. The van der Waals surface area contributed by atoms with E-state index in [1.54, 1.807) is 0 Å². The molecule has 1 heterocycles. The van der Waals surface area contributed by atoms with E-state index in [0.29, 0.717) is 6.42 Å².